The number of carbonyl (C=O) groups is 1. The number of rotatable bonds is 3. The van der Waals surface area contributed by atoms with Crippen LogP contribution in [0.5, 0.6) is 0 Å². The third-order valence-corrected chi connectivity index (χ3v) is 2.57. The van der Waals surface area contributed by atoms with Crippen molar-refractivity contribution in [3.05, 3.63) is 46.6 Å². The van der Waals surface area contributed by atoms with Crippen LogP contribution in [0.2, 0.25) is 5.02 Å². The van der Waals surface area contributed by atoms with E-state index in [0.29, 0.717) is 22.9 Å². The van der Waals surface area contributed by atoms with E-state index >= 15 is 0 Å². The molecule has 2 heterocycles. The van der Waals surface area contributed by atoms with Crippen LogP contribution in [0.15, 0.2) is 29.0 Å². The average Bonchev–Trinajstić information content (AvgIpc) is 2.73. The van der Waals surface area contributed by atoms with E-state index in [1.165, 1.54) is 17.3 Å². The summed E-state index contributed by atoms with van der Waals surface area (Å²) < 4.78 is 5.06. The van der Waals surface area contributed by atoms with Crippen LogP contribution in [0.1, 0.15) is 21.8 Å². The fourth-order valence-electron chi connectivity index (χ4n) is 1.55. The maximum atomic E-state index is 12.1. The Morgan fingerprint density at radius 3 is 2.83 bits per heavy atom. The summed E-state index contributed by atoms with van der Waals surface area (Å²) in [5.41, 5.74) is 1.23. The summed E-state index contributed by atoms with van der Waals surface area (Å²) >= 11 is 5.80. The van der Waals surface area contributed by atoms with Crippen molar-refractivity contribution in [2.45, 2.75) is 13.5 Å². The summed E-state index contributed by atoms with van der Waals surface area (Å²) in [6.07, 6.45) is 2.97. The van der Waals surface area contributed by atoms with Crippen LogP contribution in [0.3, 0.4) is 0 Å². The fraction of sp³-hybridized carbons (Fsp3) is 0.250. The van der Waals surface area contributed by atoms with E-state index in [2.05, 4.69) is 10.1 Å². The smallest absolute Gasteiger partial charge is 0.255 e. The molecule has 94 valence electrons. The summed E-state index contributed by atoms with van der Waals surface area (Å²) in [6, 6.07) is 3.37. The summed E-state index contributed by atoms with van der Waals surface area (Å²) in [6.45, 7) is 2.18. The highest BCUT2D eigenvalue weighted by Gasteiger charge is 2.14. The first-order valence-electron chi connectivity index (χ1n) is 5.34. The third-order valence-electron chi connectivity index (χ3n) is 2.37. The number of hydrogen-bond acceptors (Lipinski definition) is 4. The predicted molar refractivity (Wildman–Crippen MR) is 66.3 cm³/mol. The Bertz CT molecular complexity index is 568. The lowest BCUT2D eigenvalue weighted by Crippen LogP contribution is -2.26. The largest absolute Gasteiger partial charge is 0.359 e. The van der Waals surface area contributed by atoms with Crippen molar-refractivity contribution < 1.29 is 9.32 Å². The van der Waals surface area contributed by atoms with Crippen molar-refractivity contribution in [1.29, 1.82) is 0 Å². The lowest BCUT2D eigenvalue weighted by molar-refractivity contribution is 0.0772. The van der Waals surface area contributed by atoms with Gasteiger partial charge in [-0.2, -0.15) is 0 Å². The van der Waals surface area contributed by atoms with E-state index < -0.39 is 0 Å². The molecule has 0 aromatic carbocycles. The molecule has 0 N–H and O–H groups in total. The van der Waals surface area contributed by atoms with Gasteiger partial charge in [-0.1, -0.05) is 16.8 Å². The molecule has 0 saturated carbocycles. The minimum absolute atomic E-state index is 0.168. The molecule has 5 nitrogen and oxygen atoms in total. The number of aryl methyl sites for hydroxylation is 1. The molecule has 6 heteroatoms. The topological polar surface area (TPSA) is 59.2 Å². The van der Waals surface area contributed by atoms with Crippen LogP contribution in [0.25, 0.3) is 0 Å². The minimum Gasteiger partial charge on any atom is -0.359 e. The quantitative estimate of drug-likeness (QED) is 0.854. The molecule has 0 spiro atoms. The molecule has 0 aliphatic rings. The van der Waals surface area contributed by atoms with Crippen LogP contribution in [0, 0.1) is 6.92 Å². The minimum atomic E-state index is -0.168. The third kappa shape index (κ3) is 2.87. The molecule has 1 amide bonds. The molecule has 18 heavy (non-hydrogen) atoms. The van der Waals surface area contributed by atoms with E-state index in [1.807, 2.05) is 6.92 Å². The first kappa shape index (κ1) is 12.6. The monoisotopic (exact) mass is 265 g/mol. The molecule has 0 aliphatic heterocycles. The molecule has 0 saturated heterocycles. The number of nitrogens with zero attached hydrogens (tertiary/aromatic N) is 3. The van der Waals surface area contributed by atoms with Gasteiger partial charge >= 0.3 is 0 Å². The highest BCUT2D eigenvalue weighted by Crippen LogP contribution is 2.12. The number of hydrogen-bond donors (Lipinski definition) is 0. The molecule has 2 aromatic heterocycles. The highest BCUT2D eigenvalue weighted by atomic mass is 35.5. The molecule has 0 bridgehead atoms. The van der Waals surface area contributed by atoms with Gasteiger partial charge in [-0.05, 0) is 13.0 Å². The van der Waals surface area contributed by atoms with Crippen molar-refractivity contribution >= 4 is 17.5 Å². The number of amides is 1. The maximum Gasteiger partial charge on any atom is 0.255 e. The van der Waals surface area contributed by atoms with E-state index in [9.17, 15) is 4.79 Å². The summed E-state index contributed by atoms with van der Waals surface area (Å²) in [4.78, 5) is 17.5. The molecule has 0 fully saturated rings. The summed E-state index contributed by atoms with van der Waals surface area (Å²) in [5.74, 6) is 0.470. The zero-order valence-electron chi connectivity index (χ0n) is 10.1. The Balaban J connectivity index is 2.09. The SMILES string of the molecule is Cc1cc(CN(C)C(=O)c2cncc(Cl)c2)on1. The zero-order valence-corrected chi connectivity index (χ0v) is 10.8. The lowest BCUT2D eigenvalue weighted by Gasteiger charge is -2.15. The molecule has 0 atom stereocenters. The van der Waals surface area contributed by atoms with E-state index in [1.54, 1.807) is 19.2 Å². The van der Waals surface area contributed by atoms with Crippen LogP contribution < -0.4 is 0 Å². The molecular formula is C12H12ClN3O2. The van der Waals surface area contributed by atoms with Crippen molar-refractivity contribution in [2.75, 3.05) is 7.05 Å². The van der Waals surface area contributed by atoms with E-state index in [0.717, 1.165) is 5.69 Å². The normalized spacial score (nSPS) is 10.4. The zero-order chi connectivity index (χ0) is 13.1. The first-order chi connectivity index (χ1) is 8.56. The van der Waals surface area contributed by atoms with Crippen molar-refractivity contribution in [3.8, 4) is 0 Å². The van der Waals surface area contributed by atoms with Gasteiger partial charge in [0.15, 0.2) is 5.76 Å². The molecule has 0 radical (unpaired) electrons. The van der Waals surface area contributed by atoms with Gasteiger partial charge in [0.2, 0.25) is 0 Å². The van der Waals surface area contributed by atoms with Crippen LogP contribution in [-0.4, -0.2) is 28.0 Å². The molecule has 2 rings (SSSR count). The number of pyridine rings is 1. The van der Waals surface area contributed by atoms with Crippen molar-refractivity contribution in [2.24, 2.45) is 0 Å². The van der Waals surface area contributed by atoms with Gasteiger partial charge in [-0.15, -0.1) is 0 Å². The second-order valence-corrected chi connectivity index (χ2v) is 4.42. The van der Waals surface area contributed by atoms with Crippen LogP contribution in [-0.2, 0) is 6.54 Å². The highest BCUT2D eigenvalue weighted by molar-refractivity contribution is 6.30. The molecular weight excluding hydrogens is 254 g/mol. The Kier molecular flexibility index (Phi) is 3.62. The lowest BCUT2D eigenvalue weighted by atomic mass is 10.2. The Morgan fingerprint density at radius 1 is 1.44 bits per heavy atom. The van der Waals surface area contributed by atoms with Gasteiger partial charge in [0.1, 0.15) is 0 Å². The molecule has 0 unspecified atom stereocenters. The van der Waals surface area contributed by atoms with Gasteiger partial charge in [0.25, 0.3) is 5.91 Å². The summed E-state index contributed by atoms with van der Waals surface area (Å²) in [5, 5.41) is 4.20. The van der Waals surface area contributed by atoms with Gasteiger partial charge in [0.05, 0.1) is 22.8 Å². The van der Waals surface area contributed by atoms with Crippen LogP contribution >= 0.6 is 11.6 Å². The molecule has 2 aromatic rings. The summed E-state index contributed by atoms with van der Waals surface area (Å²) in [7, 11) is 1.68. The average molecular weight is 266 g/mol. The Hall–Kier alpha value is -1.88. The second kappa shape index (κ2) is 5.18. The van der Waals surface area contributed by atoms with Gasteiger partial charge in [-0.3, -0.25) is 9.78 Å². The second-order valence-electron chi connectivity index (χ2n) is 3.99. The number of aromatic nitrogens is 2. The van der Waals surface area contributed by atoms with Gasteiger partial charge < -0.3 is 9.42 Å². The number of carbonyl (C=O) groups excluding carboxylic acids is 1. The van der Waals surface area contributed by atoms with E-state index in [-0.39, 0.29) is 5.91 Å². The van der Waals surface area contributed by atoms with Crippen molar-refractivity contribution in [3.63, 3.8) is 0 Å². The number of halogens is 1. The molecule has 0 aliphatic carbocycles. The van der Waals surface area contributed by atoms with Crippen LogP contribution in [0.4, 0.5) is 0 Å². The predicted octanol–water partition coefficient (Wildman–Crippen LogP) is 2.30. The van der Waals surface area contributed by atoms with E-state index in [4.69, 9.17) is 16.1 Å². The Morgan fingerprint density at radius 2 is 2.22 bits per heavy atom. The first-order valence-corrected chi connectivity index (χ1v) is 5.72. The Labute approximate surface area is 109 Å². The fourth-order valence-corrected chi connectivity index (χ4v) is 1.72. The maximum absolute atomic E-state index is 12.1. The van der Waals surface area contributed by atoms with Gasteiger partial charge in [-0.25, -0.2) is 0 Å². The standard InChI is InChI=1S/C12H12ClN3O2/c1-8-3-11(18-15-8)7-16(2)12(17)9-4-10(13)6-14-5-9/h3-6H,7H2,1-2H3. The van der Waals surface area contributed by atoms with Gasteiger partial charge in [0, 0.05) is 25.5 Å². The van der Waals surface area contributed by atoms with Crippen molar-refractivity contribution in [1.82, 2.24) is 15.0 Å².